The van der Waals surface area contributed by atoms with Crippen LogP contribution in [0.3, 0.4) is 0 Å². The Balaban J connectivity index is 2.38. The average Bonchev–Trinajstić information content (AvgIpc) is 2.72. The topological polar surface area (TPSA) is 25.2 Å². The lowest BCUT2D eigenvalue weighted by molar-refractivity contribution is 0.444. The number of hydrogen-bond donors (Lipinski definition) is 1. The monoisotopic (exact) mass is 237 g/mol. The van der Waals surface area contributed by atoms with E-state index in [1.165, 1.54) is 0 Å². The summed E-state index contributed by atoms with van der Waals surface area (Å²) in [5, 5.41) is 3.31. The van der Waals surface area contributed by atoms with Crippen molar-refractivity contribution in [2.75, 3.05) is 6.26 Å². The van der Waals surface area contributed by atoms with Crippen molar-refractivity contribution >= 4 is 11.8 Å². The zero-order chi connectivity index (χ0) is 11.8. The highest BCUT2D eigenvalue weighted by atomic mass is 32.2. The summed E-state index contributed by atoms with van der Waals surface area (Å²) in [5.41, 5.74) is 0. The Morgan fingerprint density at radius 1 is 1.50 bits per heavy atom. The van der Waals surface area contributed by atoms with E-state index in [1.54, 1.807) is 11.8 Å². The molecule has 16 heavy (non-hydrogen) atoms. The molecule has 1 heterocycles. The third-order valence-corrected chi connectivity index (χ3v) is 2.88. The molecule has 0 saturated heterocycles. The van der Waals surface area contributed by atoms with E-state index in [1.807, 2.05) is 12.1 Å². The summed E-state index contributed by atoms with van der Waals surface area (Å²) >= 11 is 1.76. The molecule has 0 bridgehead atoms. The van der Waals surface area contributed by atoms with Gasteiger partial charge < -0.3 is 4.42 Å². The third-order valence-electron chi connectivity index (χ3n) is 2.31. The van der Waals surface area contributed by atoms with Crippen LogP contribution in [0.5, 0.6) is 0 Å². The summed E-state index contributed by atoms with van der Waals surface area (Å²) < 4.78 is 5.65. The highest BCUT2D eigenvalue weighted by Gasteiger charge is 2.05. The Hall–Kier alpha value is -0.850. The first-order valence-electron chi connectivity index (χ1n) is 5.56. The van der Waals surface area contributed by atoms with Gasteiger partial charge >= 0.3 is 0 Å². The molecule has 1 rings (SSSR count). The van der Waals surface area contributed by atoms with Crippen molar-refractivity contribution in [3.8, 4) is 12.3 Å². The van der Waals surface area contributed by atoms with Crippen LogP contribution in [-0.2, 0) is 12.3 Å². The van der Waals surface area contributed by atoms with Crippen molar-refractivity contribution in [1.82, 2.24) is 5.32 Å². The highest BCUT2D eigenvalue weighted by molar-refractivity contribution is 7.97. The summed E-state index contributed by atoms with van der Waals surface area (Å²) in [6, 6.07) is 4.19. The van der Waals surface area contributed by atoms with Gasteiger partial charge in [-0.15, -0.1) is 6.42 Å². The van der Waals surface area contributed by atoms with Crippen LogP contribution in [-0.4, -0.2) is 12.3 Å². The molecule has 0 radical (unpaired) electrons. The van der Waals surface area contributed by atoms with E-state index in [2.05, 4.69) is 24.4 Å². The smallest absolute Gasteiger partial charge is 0.118 e. The summed E-state index contributed by atoms with van der Waals surface area (Å²) in [7, 11) is 0. The van der Waals surface area contributed by atoms with E-state index in [-0.39, 0.29) is 6.04 Å². The zero-order valence-corrected chi connectivity index (χ0v) is 10.8. The minimum atomic E-state index is 0.152. The van der Waals surface area contributed by atoms with Crippen LogP contribution in [0.1, 0.15) is 31.3 Å². The lowest BCUT2D eigenvalue weighted by atomic mass is 10.2. The minimum Gasteiger partial charge on any atom is -0.464 e. The van der Waals surface area contributed by atoms with Gasteiger partial charge in [-0.2, -0.15) is 11.8 Å². The molecule has 0 spiro atoms. The summed E-state index contributed by atoms with van der Waals surface area (Å²) in [5.74, 6) is 5.66. The van der Waals surface area contributed by atoms with Crippen molar-refractivity contribution in [3.05, 3.63) is 23.7 Å². The van der Waals surface area contributed by atoms with Crippen LogP contribution in [0.4, 0.5) is 0 Å². The van der Waals surface area contributed by atoms with Crippen LogP contribution >= 0.6 is 11.8 Å². The van der Waals surface area contributed by atoms with Crippen LogP contribution in [0.2, 0.25) is 0 Å². The van der Waals surface area contributed by atoms with E-state index < -0.39 is 0 Å². The number of terminal acetylenes is 1. The average molecular weight is 237 g/mol. The number of thioether (sulfide) groups is 1. The van der Waals surface area contributed by atoms with Crippen molar-refractivity contribution in [1.29, 1.82) is 0 Å². The largest absolute Gasteiger partial charge is 0.464 e. The second-order valence-corrected chi connectivity index (χ2v) is 4.56. The van der Waals surface area contributed by atoms with Gasteiger partial charge in [0.25, 0.3) is 0 Å². The van der Waals surface area contributed by atoms with Crippen molar-refractivity contribution in [2.24, 2.45) is 0 Å². The van der Waals surface area contributed by atoms with Crippen LogP contribution in [0, 0.1) is 12.3 Å². The molecular formula is C13H19NOS. The minimum absolute atomic E-state index is 0.152. The maximum Gasteiger partial charge on any atom is 0.118 e. The predicted octanol–water partition coefficient (Wildman–Crippen LogP) is 3.03. The Morgan fingerprint density at radius 3 is 2.88 bits per heavy atom. The molecule has 0 fully saturated rings. The SMILES string of the molecule is C#CC(CCC)NCc1ccc(CSC)o1. The van der Waals surface area contributed by atoms with Gasteiger partial charge in [0.15, 0.2) is 0 Å². The van der Waals surface area contributed by atoms with E-state index in [9.17, 15) is 0 Å². The van der Waals surface area contributed by atoms with Crippen LogP contribution in [0.15, 0.2) is 16.5 Å². The maximum absolute atomic E-state index is 5.65. The quantitative estimate of drug-likeness (QED) is 0.738. The summed E-state index contributed by atoms with van der Waals surface area (Å²) in [6.45, 7) is 2.85. The number of furan rings is 1. The Bertz CT molecular complexity index is 340. The van der Waals surface area contributed by atoms with E-state index >= 15 is 0 Å². The summed E-state index contributed by atoms with van der Waals surface area (Å²) in [4.78, 5) is 0. The second-order valence-electron chi connectivity index (χ2n) is 3.69. The van der Waals surface area contributed by atoms with E-state index in [4.69, 9.17) is 10.8 Å². The van der Waals surface area contributed by atoms with Gasteiger partial charge in [-0.1, -0.05) is 19.3 Å². The van der Waals surface area contributed by atoms with Gasteiger partial charge in [0, 0.05) is 0 Å². The van der Waals surface area contributed by atoms with Gasteiger partial charge in [0.1, 0.15) is 11.5 Å². The molecule has 0 aliphatic heterocycles. The molecule has 0 aromatic carbocycles. The molecule has 0 aliphatic rings. The fourth-order valence-electron chi connectivity index (χ4n) is 1.49. The molecule has 2 nitrogen and oxygen atoms in total. The molecule has 88 valence electrons. The fourth-order valence-corrected chi connectivity index (χ4v) is 1.93. The molecule has 1 aromatic heterocycles. The molecule has 1 aromatic rings. The Kier molecular flexibility index (Phi) is 6.14. The first-order valence-corrected chi connectivity index (χ1v) is 6.95. The number of nitrogens with one attached hydrogen (secondary N) is 1. The molecule has 3 heteroatoms. The predicted molar refractivity (Wildman–Crippen MR) is 70.3 cm³/mol. The highest BCUT2D eigenvalue weighted by Crippen LogP contribution is 2.13. The Morgan fingerprint density at radius 2 is 2.25 bits per heavy atom. The molecule has 1 atom stereocenters. The first kappa shape index (κ1) is 13.2. The molecule has 1 N–H and O–H groups in total. The zero-order valence-electron chi connectivity index (χ0n) is 9.95. The first-order chi connectivity index (χ1) is 7.80. The molecule has 1 unspecified atom stereocenters. The van der Waals surface area contributed by atoms with Gasteiger partial charge in [-0.3, -0.25) is 5.32 Å². The third kappa shape index (κ3) is 4.34. The van der Waals surface area contributed by atoms with Crippen LogP contribution < -0.4 is 5.32 Å². The van der Waals surface area contributed by atoms with Crippen molar-refractivity contribution < 1.29 is 4.42 Å². The lowest BCUT2D eigenvalue weighted by Crippen LogP contribution is -2.26. The standard InChI is InChI=1S/C13H19NOS/c1-4-6-11(5-2)14-9-12-7-8-13(15-12)10-16-3/h2,7-8,11,14H,4,6,9-10H2,1,3H3. The fraction of sp³-hybridized carbons (Fsp3) is 0.538. The van der Waals surface area contributed by atoms with Crippen LogP contribution in [0.25, 0.3) is 0 Å². The molecular weight excluding hydrogens is 218 g/mol. The maximum atomic E-state index is 5.65. The number of rotatable bonds is 7. The summed E-state index contributed by atoms with van der Waals surface area (Å²) in [6.07, 6.45) is 9.60. The van der Waals surface area contributed by atoms with Gasteiger partial charge in [0.05, 0.1) is 18.3 Å². The molecule has 0 amide bonds. The molecule has 0 aliphatic carbocycles. The molecule has 0 saturated carbocycles. The van der Waals surface area contributed by atoms with Crippen molar-refractivity contribution in [2.45, 2.75) is 38.1 Å². The van der Waals surface area contributed by atoms with Gasteiger partial charge in [-0.05, 0) is 24.8 Å². The van der Waals surface area contributed by atoms with E-state index in [0.29, 0.717) is 6.54 Å². The lowest BCUT2D eigenvalue weighted by Gasteiger charge is -2.10. The second kappa shape index (κ2) is 7.43. The van der Waals surface area contributed by atoms with Crippen molar-refractivity contribution in [3.63, 3.8) is 0 Å². The normalized spacial score (nSPS) is 12.3. The van der Waals surface area contributed by atoms with E-state index in [0.717, 1.165) is 30.1 Å². The Labute approximate surface area is 102 Å². The van der Waals surface area contributed by atoms with Gasteiger partial charge in [-0.25, -0.2) is 0 Å². The van der Waals surface area contributed by atoms with Gasteiger partial charge in [0.2, 0.25) is 0 Å². The number of hydrogen-bond acceptors (Lipinski definition) is 3.